The minimum absolute atomic E-state index is 0.149. The number of carbonyl (C=O) groups is 1. The van der Waals surface area contributed by atoms with Gasteiger partial charge in [0.05, 0.1) is 5.04 Å². The molecule has 2 bridgehead atoms. The van der Waals surface area contributed by atoms with Crippen molar-refractivity contribution >= 4 is 28.6 Å². The molecular formula is C22H29FNO2Si2. The van der Waals surface area contributed by atoms with E-state index in [9.17, 15) is 9.18 Å². The molecule has 149 valence electrons. The third-order valence-electron chi connectivity index (χ3n) is 8.62. The Morgan fingerprint density at radius 2 is 1.86 bits per heavy atom. The Morgan fingerprint density at radius 1 is 1.18 bits per heavy atom. The molecule has 1 aliphatic heterocycles. The van der Waals surface area contributed by atoms with Gasteiger partial charge in [0.1, 0.15) is 5.82 Å². The molecule has 1 radical (unpaired) electrons. The minimum Gasteiger partial charge on any atom is -0.454 e. The zero-order valence-corrected chi connectivity index (χ0v) is 19.4. The Kier molecular flexibility index (Phi) is 3.53. The highest BCUT2D eigenvalue weighted by atomic mass is 28.4. The number of amides is 1. The van der Waals surface area contributed by atoms with E-state index in [-0.39, 0.29) is 11.7 Å². The van der Waals surface area contributed by atoms with E-state index in [1.807, 2.05) is 6.07 Å². The maximum absolute atomic E-state index is 14.7. The first-order valence-electron chi connectivity index (χ1n) is 10.5. The first-order chi connectivity index (χ1) is 13.0. The molecule has 28 heavy (non-hydrogen) atoms. The maximum atomic E-state index is 14.7. The number of nitrogens with one attached hydrogen (secondary N) is 1. The summed E-state index contributed by atoms with van der Waals surface area (Å²) in [5.41, 5.74) is 12.6. The topological polar surface area (TPSA) is 50.1 Å². The van der Waals surface area contributed by atoms with Crippen molar-refractivity contribution in [1.29, 1.82) is 0 Å². The van der Waals surface area contributed by atoms with Crippen LogP contribution in [0.2, 0.25) is 31.2 Å². The number of benzene rings is 1. The summed E-state index contributed by atoms with van der Waals surface area (Å²) in [6.45, 7) is 10.9. The molecule has 5 rings (SSSR count). The second-order valence-electron chi connectivity index (χ2n) is 10.4. The lowest BCUT2D eigenvalue weighted by molar-refractivity contribution is -0.124. The lowest BCUT2D eigenvalue weighted by Crippen LogP contribution is -2.62. The highest BCUT2D eigenvalue weighted by molar-refractivity contribution is 6.96. The van der Waals surface area contributed by atoms with Gasteiger partial charge < -0.3 is 4.12 Å². The fourth-order valence-corrected chi connectivity index (χ4v) is 23.1. The van der Waals surface area contributed by atoms with Gasteiger partial charge in [0.15, 0.2) is 16.6 Å². The van der Waals surface area contributed by atoms with Crippen LogP contribution in [0.1, 0.15) is 42.9 Å². The summed E-state index contributed by atoms with van der Waals surface area (Å²) in [6, 6.07) is 3.56. The van der Waals surface area contributed by atoms with Gasteiger partial charge >= 0.3 is 0 Å². The van der Waals surface area contributed by atoms with E-state index in [4.69, 9.17) is 9.85 Å². The molecule has 3 fully saturated rings. The molecule has 0 spiro atoms. The summed E-state index contributed by atoms with van der Waals surface area (Å²) < 4.78 is 21.7. The average Bonchev–Trinajstić information content (AvgIpc) is 3.27. The van der Waals surface area contributed by atoms with E-state index in [0.29, 0.717) is 12.3 Å². The number of allylic oxidation sites excluding steroid dienone is 1. The van der Waals surface area contributed by atoms with Gasteiger partial charge in [-0.15, -0.1) is 0 Å². The van der Waals surface area contributed by atoms with Gasteiger partial charge in [-0.1, -0.05) is 17.7 Å². The standard InChI is InChI=1S/C22H29FNO2Si2/c1-13-10-16-17(11-13)19(23)9-8-18(16)21-14-6-7-15(12-14)22(21,20(24)25)28(4,5)26-27(21,2)3/h8-10,14-15,24H,6-7,11-12H2,1-5H3. The second-order valence-corrected chi connectivity index (χ2v) is 18.9. The molecule has 1 aromatic rings. The molecule has 3 aliphatic carbocycles. The first kappa shape index (κ1) is 18.8. The molecule has 1 saturated heterocycles. The van der Waals surface area contributed by atoms with Gasteiger partial charge in [-0.05, 0) is 93.4 Å². The van der Waals surface area contributed by atoms with E-state index in [1.165, 1.54) is 5.57 Å². The Bertz CT molecular complexity index is 956. The molecular weight excluding hydrogens is 385 g/mol. The van der Waals surface area contributed by atoms with E-state index in [0.717, 1.165) is 36.0 Å². The highest BCUT2D eigenvalue weighted by Crippen LogP contribution is 2.81. The smallest absolute Gasteiger partial charge is 0.245 e. The quantitative estimate of drug-likeness (QED) is 0.641. The summed E-state index contributed by atoms with van der Waals surface area (Å²) in [4.78, 5) is 13.3. The third kappa shape index (κ3) is 1.73. The summed E-state index contributed by atoms with van der Waals surface area (Å²) >= 11 is 0. The van der Waals surface area contributed by atoms with Crippen LogP contribution in [0.15, 0.2) is 17.7 Å². The zero-order chi connectivity index (χ0) is 20.3. The van der Waals surface area contributed by atoms with Crippen molar-refractivity contribution in [3.63, 3.8) is 0 Å². The van der Waals surface area contributed by atoms with Crippen LogP contribution in [0.25, 0.3) is 6.08 Å². The van der Waals surface area contributed by atoms with Gasteiger partial charge in [-0.3, -0.25) is 10.5 Å². The van der Waals surface area contributed by atoms with Crippen molar-refractivity contribution in [2.24, 2.45) is 11.8 Å². The average molecular weight is 415 g/mol. The van der Waals surface area contributed by atoms with E-state index in [2.05, 4.69) is 39.2 Å². The fraction of sp³-hybridized carbons (Fsp3) is 0.591. The Hall–Kier alpha value is -1.25. The SMILES string of the molecule is CC1=Cc2c(C34C5CCC(C5)C3(C([NH])=O)[Si](C)(C)O[Si]4(C)C)ccc(F)c2C1. The molecule has 1 amide bonds. The maximum Gasteiger partial charge on any atom is 0.245 e. The number of carbonyl (C=O) groups excluding carboxylic acids is 1. The van der Waals surface area contributed by atoms with Crippen molar-refractivity contribution in [2.75, 3.05) is 0 Å². The zero-order valence-electron chi connectivity index (χ0n) is 17.4. The number of halogens is 1. The van der Waals surface area contributed by atoms with Crippen molar-refractivity contribution in [2.45, 2.75) is 68.9 Å². The second kappa shape index (κ2) is 5.26. The molecule has 4 atom stereocenters. The van der Waals surface area contributed by atoms with Crippen LogP contribution in [-0.2, 0) is 20.4 Å². The largest absolute Gasteiger partial charge is 0.454 e. The lowest BCUT2D eigenvalue weighted by Gasteiger charge is -2.53. The molecule has 3 nitrogen and oxygen atoms in total. The Morgan fingerprint density at radius 3 is 2.54 bits per heavy atom. The fourth-order valence-electron chi connectivity index (χ4n) is 8.44. The summed E-state index contributed by atoms with van der Waals surface area (Å²) in [6.07, 6.45) is 5.92. The van der Waals surface area contributed by atoms with Crippen LogP contribution in [0.3, 0.4) is 0 Å². The summed E-state index contributed by atoms with van der Waals surface area (Å²) in [7, 11) is -4.88. The monoisotopic (exact) mass is 414 g/mol. The van der Waals surface area contributed by atoms with Crippen LogP contribution < -0.4 is 5.73 Å². The van der Waals surface area contributed by atoms with E-state index < -0.39 is 32.6 Å². The predicted molar refractivity (Wildman–Crippen MR) is 113 cm³/mol. The van der Waals surface area contributed by atoms with Crippen LogP contribution >= 0.6 is 0 Å². The third-order valence-corrected chi connectivity index (χ3v) is 18.9. The number of fused-ring (bicyclic) bond motifs is 6. The van der Waals surface area contributed by atoms with Crippen molar-refractivity contribution in [3.05, 3.63) is 40.2 Å². The van der Waals surface area contributed by atoms with Gasteiger partial charge in [-0.2, -0.15) is 0 Å². The van der Waals surface area contributed by atoms with Crippen molar-refractivity contribution in [1.82, 2.24) is 5.73 Å². The number of hydrogen-bond donors (Lipinski definition) is 0. The van der Waals surface area contributed by atoms with Gasteiger partial charge in [0.2, 0.25) is 5.91 Å². The molecule has 6 heteroatoms. The first-order valence-corrected chi connectivity index (χ1v) is 16.3. The predicted octanol–water partition coefficient (Wildman–Crippen LogP) is 4.98. The molecule has 1 heterocycles. The minimum atomic E-state index is -2.48. The van der Waals surface area contributed by atoms with E-state index in [1.54, 1.807) is 6.07 Å². The highest BCUT2D eigenvalue weighted by Gasteiger charge is 2.86. The number of hydrogen-bond acceptors (Lipinski definition) is 2. The van der Waals surface area contributed by atoms with Gasteiger partial charge in [0.25, 0.3) is 0 Å². The molecule has 1 aromatic carbocycles. The van der Waals surface area contributed by atoms with Crippen LogP contribution in [0.5, 0.6) is 0 Å². The molecule has 2 saturated carbocycles. The number of rotatable bonds is 2. The van der Waals surface area contributed by atoms with Gasteiger partial charge in [-0.25, -0.2) is 4.39 Å². The molecule has 1 N–H and O–H groups in total. The molecule has 4 unspecified atom stereocenters. The summed E-state index contributed by atoms with van der Waals surface area (Å²) in [5.74, 6) is 0.0487. The molecule has 4 aliphatic rings. The Labute approximate surface area is 168 Å². The van der Waals surface area contributed by atoms with Crippen molar-refractivity contribution in [3.8, 4) is 0 Å². The van der Waals surface area contributed by atoms with Gasteiger partial charge in [0, 0.05) is 5.04 Å². The normalized spacial score (nSPS) is 39.0. The van der Waals surface area contributed by atoms with E-state index >= 15 is 0 Å². The summed E-state index contributed by atoms with van der Waals surface area (Å²) in [5, 5.41) is -1.11. The lowest BCUT2D eigenvalue weighted by atomic mass is 9.71. The van der Waals surface area contributed by atoms with Crippen LogP contribution in [0.4, 0.5) is 4.39 Å². The van der Waals surface area contributed by atoms with Crippen LogP contribution in [0, 0.1) is 17.7 Å². The van der Waals surface area contributed by atoms with Crippen LogP contribution in [-0.4, -0.2) is 22.5 Å². The van der Waals surface area contributed by atoms with Crippen molar-refractivity contribution < 1.29 is 13.3 Å². The molecule has 0 aromatic heterocycles. The Balaban J connectivity index is 1.92.